The van der Waals surface area contributed by atoms with Gasteiger partial charge in [-0.25, -0.2) is 8.42 Å². The highest BCUT2D eigenvalue weighted by Gasteiger charge is 2.45. The second-order valence-corrected chi connectivity index (χ2v) is 9.88. The van der Waals surface area contributed by atoms with E-state index in [4.69, 9.17) is 0 Å². The standard InChI is InChI=1S/C19H22N2O3S2/c1-26(23,24)21-17-6-7-18(21)11-16(10-17)20-19(22)14-4-2-13(3-5-14)15-8-9-25-12-15/h2-5,8-9,12,16-18H,6-7,10-11H2,1H3,(H,20,22). The molecule has 1 aromatic heterocycles. The molecule has 4 rings (SSSR count). The van der Waals surface area contributed by atoms with Crippen molar-refractivity contribution in [3.63, 3.8) is 0 Å². The van der Waals surface area contributed by atoms with E-state index < -0.39 is 10.0 Å². The van der Waals surface area contributed by atoms with Crippen molar-refractivity contribution in [2.75, 3.05) is 6.26 Å². The molecule has 26 heavy (non-hydrogen) atoms. The maximum Gasteiger partial charge on any atom is 0.251 e. The third-order valence-electron chi connectivity index (χ3n) is 5.39. The number of carbonyl (C=O) groups excluding carboxylic acids is 1. The number of nitrogens with one attached hydrogen (secondary N) is 1. The fourth-order valence-electron chi connectivity index (χ4n) is 4.30. The van der Waals surface area contributed by atoms with E-state index in [1.165, 1.54) is 6.26 Å². The van der Waals surface area contributed by atoms with Crippen LogP contribution >= 0.6 is 11.3 Å². The molecule has 3 heterocycles. The zero-order valence-electron chi connectivity index (χ0n) is 14.6. The molecular weight excluding hydrogens is 368 g/mol. The molecule has 1 aromatic carbocycles. The van der Waals surface area contributed by atoms with Crippen molar-refractivity contribution in [1.82, 2.24) is 9.62 Å². The first kappa shape index (κ1) is 17.7. The number of benzene rings is 1. The Morgan fingerprint density at radius 1 is 1.08 bits per heavy atom. The molecule has 1 amide bonds. The SMILES string of the molecule is CS(=O)(=O)N1C2CCC1CC(NC(=O)c1ccc(-c3ccsc3)cc1)C2. The van der Waals surface area contributed by atoms with Gasteiger partial charge in [0.1, 0.15) is 0 Å². The van der Waals surface area contributed by atoms with E-state index in [0.717, 1.165) is 24.0 Å². The van der Waals surface area contributed by atoms with Crippen LogP contribution < -0.4 is 5.32 Å². The average molecular weight is 391 g/mol. The van der Waals surface area contributed by atoms with Crippen LogP contribution in [0, 0.1) is 0 Å². The molecular formula is C19H22N2O3S2. The van der Waals surface area contributed by atoms with E-state index in [9.17, 15) is 13.2 Å². The van der Waals surface area contributed by atoms with Crippen molar-refractivity contribution in [2.45, 2.75) is 43.8 Å². The van der Waals surface area contributed by atoms with Crippen LogP contribution in [-0.2, 0) is 10.0 Å². The van der Waals surface area contributed by atoms with Crippen LogP contribution in [0.5, 0.6) is 0 Å². The number of carbonyl (C=O) groups is 1. The number of nitrogens with zero attached hydrogens (tertiary/aromatic N) is 1. The molecule has 2 bridgehead atoms. The van der Waals surface area contributed by atoms with Crippen LogP contribution in [0.15, 0.2) is 41.1 Å². The summed E-state index contributed by atoms with van der Waals surface area (Å²) in [6, 6.07) is 9.77. The Kier molecular flexibility index (Phi) is 4.62. The Morgan fingerprint density at radius 2 is 1.73 bits per heavy atom. The van der Waals surface area contributed by atoms with Crippen LogP contribution in [-0.4, -0.2) is 43.0 Å². The van der Waals surface area contributed by atoms with E-state index in [-0.39, 0.29) is 24.0 Å². The van der Waals surface area contributed by atoms with Gasteiger partial charge in [0.2, 0.25) is 10.0 Å². The van der Waals surface area contributed by atoms with Crippen LogP contribution in [0.2, 0.25) is 0 Å². The molecule has 2 unspecified atom stereocenters. The molecule has 0 saturated carbocycles. The first-order valence-corrected chi connectivity index (χ1v) is 11.6. The monoisotopic (exact) mass is 390 g/mol. The molecule has 138 valence electrons. The van der Waals surface area contributed by atoms with Gasteiger partial charge >= 0.3 is 0 Å². The number of hydrogen-bond acceptors (Lipinski definition) is 4. The molecule has 2 aromatic rings. The number of fused-ring (bicyclic) bond motifs is 2. The van der Waals surface area contributed by atoms with E-state index in [0.29, 0.717) is 18.4 Å². The lowest BCUT2D eigenvalue weighted by molar-refractivity contribution is 0.0909. The topological polar surface area (TPSA) is 66.5 Å². The Labute approximate surface area is 158 Å². The third kappa shape index (κ3) is 3.43. The average Bonchev–Trinajstić information content (AvgIpc) is 3.22. The Hall–Kier alpha value is -1.70. The summed E-state index contributed by atoms with van der Waals surface area (Å²) in [4.78, 5) is 12.6. The van der Waals surface area contributed by atoms with Crippen molar-refractivity contribution in [3.8, 4) is 11.1 Å². The summed E-state index contributed by atoms with van der Waals surface area (Å²) in [5, 5.41) is 7.22. The van der Waals surface area contributed by atoms with Gasteiger partial charge in [0.05, 0.1) is 6.26 Å². The van der Waals surface area contributed by atoms with Crippen LogP contribution in [0.1, 0.15) is 36.0 Å². The molecule has 0 radical (unpaired) electrons. The van der Waals surface area contributed by atoms with Gasteiger partial charge in [0.15, 0.2) is 0 Å². The van der Waals surface area contributed by atoms with Crippen LogP contribution in [0.25, 0.3) is 11.1 Å². The normalized spacial score (nSPS) is 26.0. The first-order chi connectivity index (χ1) is 12.4. The summed E-state index contributed by atoms with van der Waals surface area (Å²) < 4.78 is 25.6. The fraction of sp³-hybridized carbons (Fsp3) is 0.421. The minimum Gasteiger partial charge on any atom is -0.349 e. The lowest BCUT2D eigenvalue weighted by Gasteiger charge is -2.37. The van der Waals surface area contributed by atoms with Gasteiger partial charge in [0.25, 0.3) is 5.91 Å². The summed E-state index contributed by atoms with van der Waals surface area (Å²) in [6.45, 7) is 0. The van der Waals surface area contributed by atoms with Crippen molar-refractivity contribution < 1.29 is 13.2 Å². The number of thiophene rings is 1. The molecule has 2 saturated heterocycles. The maximum atomic E-state index is 12.6. The van der Waals surface area contributed by atoms with Crippen LogP contribution in [0.4, 0.5) is 0 Å². The second-order valence-electron chi connectivity index (χ2n) is 7.21. The van der Waals surface area contributed by atoms with Crippen molar-refractivity contribution in [3.05, 3.63) is 46.7 Å². The molecule has 0 spiro atoms. The zero-order chi connectivity index (χ0) is 18.3. The fourth-order valence-corrected chi connectivity index (χ4v) is 6.44. The quantitative estimate of drug-likeness (QED) is 0.872. The highest BCUT2D eigenvalue weighted by molar-refractivity contribution is 7.88. The van der Waals surface area contributed by atoms with E-state index >= 15 is 0 Å². The summed E-state index contributed by atoms with van der Waals surface area (Å²) >= 11 is 1.65. The molecule has 7 heteroatoms. The number of sulfonamides is 1. The molecule has 1 N–H and O–H groups in total. The largest absolute Gasteiger partial charge is 0.349 e. The zero-order valence-corrected chi connectivity index (χ0v) is 16.2. The minimum atomic E-state index is -3.17. The highest BCUT2D eigenvalue weighted by atomic mass is 32.2. The van der Waals surface area contributed by atoms with Crippen molar-refractivity contribution >= 4 is 27.3 Å². The lowest BCUT2D eigenvalue weighted by Crippen LogP contribution is -2.52. The Balaban J connectivity index is 1.42. The Morgan fingerprint density at radius 3 is 2.27 bits per heavy atom. The number of hydrogen-bond donors (Lipinski definition) is 1. The van der Waals surface area contributed by atoms with Gasteiger partial charge in [0, 0.05) is 23.7 Å². The number of amides is 1. The lowest BCUT2D eigenvalue weighted by atomic mass is 9.99. The Bertz CT molecular complexity index is 877. The predicted octanol–water partition coefficient (Wildman–Crippen LogP) is 3.10. The maximum absolute atomic E-state index is 12.6. The summed E-state index contributed by atoms with van der Waals surface area (Å²) in [5.41, 5.74) is 2.90. The number of piperidine rings is 1. The van der Waals surface area contributed by atoms with Gasteiger partial charge in [-0.1, -0.05) is 12.1 Å². The predicted molar refractivity (Wildman–Crippen MR) is 104 cm³/mol. The summed E-state index contributed by atoms with van der Waals surface area (Å²) in [6.07, 6.45) is 4.45. The number of rotatable bonds is 4. The summed E-state index contributed by atoms with van der Waals surface area (Å²) in [5.74, 6) is -0.0842. The minimum absolute atomic E-state index is 0.0232. The first-order valence-electron chi connectivity index (χ1n) is 8.84. The van der Waals surface area contributed by atoms with Gasteiger partial charge < -0.3 is 5.32 Å². The van der Waals surface area contributed by atoms with Crippen molar-refractivity contribution in [2.24, 2.45) is 0 Å². The van der Waals surface area contributed by atoms with E-state index in [2.05, 4.69) is 16.8 Å². The molecule has 5 nitrogen and oxygen atoms in total. The molecule has 2 aliphatic heterocycles. The smallest absolute Gasteiger partial charge is 0.251 e. The third-order valence-corrected chi connectivity index (χ3v) is 7.43. The molecule has 2 fully saturated rings. The van der Waals surface area contributed by atoms with Gasteiger partial charge in [-0.15, -0.1) is 0 Å². The second kappa shape index (κ2) is 6.79. The molecule has 2 aliphatic rings. The molecule has 0 aliphatic carbocycles. The highest BCUT2D eigenvalue weighted by Crippen LogP contribution is 2.37. The van der Waals surface area contributed by atoms with Crippen LogP contribution in [0.3, 0.4) is 0 Å². The molecule has 2 atom stereocenters. The van der Waals surface area contributed by atoms with Gasteiger partial charge in [-0.05, 0) is 65.8 Å². The van der Waals surface area contributed by atoms with Gasteiger partial charge in [-0.3, -0.25) is 4.79 Å². The van der Waals surface area contributed by atoms with Gasteiger partial charge in [-0.2, -0.15) is 15.6 Å². The summed E-state index contributed by atoms with van der Waals surface area (Å²) in [7, 11) is -3.17. The van der Waals surface area contributed by atoms with E-state index in [1.807, 2.05) is 29.6 Å². The van der Waals surface area contributed by atoms with E-state index in [1.54, 1.807) is 15.6 Å². The van der Waals surface area contributed by atoms with Crippen molar-refractivity contribution in [1.29, 1.82) is 0 Å².